The molecule has 204 valence electrons. The topological polar surface area (TPSA) is 119 Å². The third kappa shape index (κ3) is 5.47. The van der Waals surface area contributed by atoms with Crippen LogP contribution in [0.25, 0.3) is 10.9 Å². The van der Waals surface area contributed by atoms with E-state index in [4.69, 9.17) is 4.74 Å². The van der Waals surface area contributed by atoms with Crippen molar-refractivity contribution in [3.63, 3.8) is 0 Å². The highest BCUT2D eigenvalue weighted by Gasteiger charge is 2.40. The number of alkyl halides is 3. The van der Waals surface area contributed by atoms with Gasteiger partial charge >= 0.3 is 6.18 Å². The molecule has 2 fully saturated rings. The number of carbonyl (C=O) groups is 2. The summed E-state index contributed by atoms with van der Waals surface area (Å²) in [6.45, 7) is 2.83. The highest BCUT2D eigenvalue weighted by molar-refractivity contribution is 5.93. The van der Waals surface area contributed by atoms with Crippen molar-refractivity contribution < 1.29 is 27.5 Å². The Morgan fingerprint density at radius 1 is 1.11 bits per heavy atom. The second kappa shape index (κ2) is 10.6. The van der Waals surface area contributed by atoms with E-state index >= 15 is 0 Å². The first kappa shape index (κ1) is 26.0. The van der Waals surface area contributed by atoms with E-state index in [9.17, 15) is 22.8 Å². The summed E-state index contributed by atoms with van der Waals surface area (Å²) in [4.78, 5) is 32.8. The number of amides is 2. The smallest absolute Gasteiger partial charge is 0.437 e. The number of methoxy groups -OCH3 is 1. The van der Waals surface area contributed by atoms with Crippen molar-refractivity contribution in [1.82, 2.24) is 35.5 Å². The lowest BCUT2D eigenvalue weighted by Gasteiger charge is -2.42. The van der Waals surface area contributed by atoms with Crippen molar-refractivity contribution in [2.45, 2.75) is 50.4 Å². The standard InChI is InChI=1S/C25H30F3N7O3/c1-38-18-2-3-19-15(14-29-20(19)13-18)12-21(36)35-10-6-17(7-11-35)34-8-4-16(5-9-34)30-24(37)22-23(25(26,27)28)32-33-31-22/h2-3,13-14,16-17,29H,4-12H2,1H3,(H,30,37)(H,31,32,33). The number of ether oxygens (including phenoxy) is 1. The van der Waals surface area contributed by atoms with Crippen LogP contribution < -0.4 is 10.1 Å². The Morgan fingerprint density at radius 3 is 2.53 bits per heavy atom. The fraction of sp³-hybridized carbons (Fsp3) is 0.520. The highest BCUT2D eigenvalue weighted by atomic mass is 19.4. The number of nitrogens with one attached hydrogen (secondary N) is 3. The van der Waals surface area contributed by atoms with Crippen LogP contribution in [0.1, 0.15) is 47.4 Å². The minimum Gasteiger partial charge on any atom is -0.497 e. The molecule has 10 nitrogen and oxygen atoms in total. The molecule has 3 N–H and O–H groups in total. The molecule has 0 bridgehead atoms. The zero-order chi connectivity index (χ0) is 26.9. The second-order valence-corrected chi connectivity index (χ2v) is 9.82. The normalized spacial score (nSPS) is 18.2. The molecular weight excluding hydrogens is 503 g/mol. The van der Waals surface area contributed by atoms with Crippen LogP contribution in [0.15, 0.2) is 24.4 Å². The molecule has 2 amide bonds. The third-order valence-electron chi connectivity index (χ3n) is 7.55. The molecule has 3 aromatic rings. The molecule has 0 atom stereocenters. The highest BCUT2D eigenvalue weighted by Crippen LogP contribution is 2.29. The van der Waals surface area contributed by atoms with E-state index in [-0.39, 0.29) is 11.9 Å². The van der Waals surface area contributed by atoms with Gasteiger partial charge in [0.1, 0.15) is 5.75 Å². The number of likely N-dealkylation sites (tertiary alicyclic amines) is 2. The molecule has 13 heteroatoms. The Balaban J connectivity index is 1.08. The number of aromatic amines is 2. The first-order valence-electron chi connectivity index (χ1n) is 12.7. The minimum absolute atomic E-state index is 0.104. The van der Waals surface area contributed by atoms with Crippen LogP contribution in [0.5, 0.6) is 5.75 Å². The van der Waals surface area contributed by atoms with Crippen molar-refractivity contribution in [2.24, 2.45) is 0 Å². The number of carbonyl (C=O) groups excluding carboxylic acids is 2. The molecular formula is C25H30F3N7O3. The van der Waals surface area contributed by atoms with Crippen molar-refractivity contribution in [3.8, 4) is 5.75 Å². The number of hydrogen-bond donors (Lipinski definition) is 3. The number of fused-ring (bicyclic) bond motifs is 1. The van der Waals surface area contributed by atoms with Crippen molar-refractivity contribution in [1.29, 1.82) is 0 Å². The number of nitrogens with zero attached hydrogens (tertiary/aromatic N) is 4. The van der Waals surface area contributed by atoms with Gasteiger partial charge in [-0.25, -0.2) is 0 Å². The van der Waals surface area contributed by atoms with Crippen LogP contribution in [0, 0.1) is 0 Å². The molecule has 0 aliphatic carbocycles. The molecule has 1 aromatic carbocycles. The lowest BCUT2D eigenvalue weighted by Crippen LogP contribution is -2.52. The van der Waals surface area contributed by atoms with E-state index in [0.29, 0.717) is 38.4 Å². The molecule has 0 unspecified atom stereocenters. The maximum absolute atomic E-state index is 13.0. The zero-order valence-electron chi connectivity index (χ0n) is 21.0. The van der Waals surface area contributed by atoms with Crippen LogP contribution in [-0.4, -0.2) is 87.4 Å². The maximum Gasteiger partial charge on any atom is 0.437 e. The largest absolute Gasteiger partial charge is 0.497 e. The molecule has 2 aliphatic heterocycles. The average Bonchev–Trinajstić information content (AvgIpc) is 3.57. The van der Waals surface area contributed by atoms with Crippen LogP contribution in [0.4, 0.5) is 13.2 Å². The number of hydrogen-bond acceptors (Lipinski definition) is 6. The summed E-state index contributed by atoms with van der Waals surface area (Å²) < 4.78 is 44.3. The Hall–Kier alpha value is -3.61. The molecule has 0 radical (unpaired) electrons. The quantitative estimate of drug-likeness (QED) is 0.449. The molecule has 0 saturated carbocycles. The van der Waals surface area contributed by atoms with Gasteiger partial charge in [0.25, 0.3) is 5.91 Å². The van der Waals surface area contributed by atoms with Crippen LogP contribution >= 0.6 is 0 Å². The first-order valence-corrected chi connectivity index (χ1v) is 12.7. The van der Waals surface area contributed by atoms with Gasteiger partial charge in [-0.15, -0.1) is 0 Å². The van der Waals surface area contributed by atoms with Crippen LogP contribution in [-0.2, 0) is 17.4 Å². The van der Waals surface area contributed by atoms with Gasteiger partial charge in [-0.1, -0.05) is 0 Å². The molecule has 38 heavy (non-hydrogen) atoms. The summed E-state index contributed by atoms with van der Waals surface area (Å²) in [6, 6.07) is 5.88. The fourth-order valence-corrected chi connectivity index (χ4v) is 5.44. The van der Waals surface area contributed by atoms with Crippen molar-refractivity contribution >= 4 is 22.7 Å². The maximum atomic E-state index is 13.0. The summed E-state index contributed by atoms with van der Waals surface area (Å²) in [6.07, 6.45) is 0.463. The molecule has 5 rings (SSSR count). The minimum atomic E-state index is -4.75. The number of piperidine rings is 2. The predicted molar refractivity (Wildman–Crippen MR) is 132 cm³/mol. The SMILES string of the molecule is COc1ccc2c(CC(=O)N3CCC(N4CCC(NC(=O)c5n[nH]nc5C(F)(F)F)CC4)CC3)c[nH]c2c1. The Bertz CT molecular complexity index is 1290. The molecule has 2 aromatic heterocycles. The second-order valence-electron chi connectivity index (χ2n) is 9.82. The van der Waals surface area contributed by atoms with Gasteiger partial charge in [-0.05, 0) is 43.4 Å². The number of rotatable bonds is 6. The van der Waals surface area contributed by atoms with E-state index in [1.54, 1.807) is 7.11 Å². The van der Waals surface area contributed by atoms with Gasteiger partial charge in [-0.3, -0.25) is 9.59 Å². The van der Waals surface area contributed by atoms with Crippen molar-refractivity contribution in [2.75, 3.05) is 33.3 Å². The first-order chi connectivity index (χ1) is 18.2. The molecule has 0 spiro atoms. The van der Waals surface area contributed by atoms with Crippen LogP contribution in [0.3, 0.4) is 0 Å². The average molecular weight is 534 g/mol. The summed E-state index contributed by atoms with van der Waals surface area (Å²) in [5.41, 5.74) is -0.137. The van der Waals surface area contributed by atoms with Gasteiger partial charge in [0, 0.05) is 61.4 Å². The number of halogens is 3. The molecule has 2 aliphatic rings. The Kier molecular flexibility index (Phi) is 7.28. The fourth-order valence-electron chi connectivity index (χ4n) is 5.44. The van der Waals surface area contributed by atoms with E-state index in [1.165, 1.54) is 0 Å². The van der Waals surface area contributed by atoms with E-state index in [1.807, 2.05) is 34.5 Å². The molecule has 4 heterocycles. The van der Waals surface area contributed by atoms with Crippen molar-refractivity contribution in [3.05, 3.63) is 41.3 Å². The Morgan fingerprint density at radius 2 is 1.84 bits per heavy atom. The predicted octanol–water partition coefficient (Wildman–Crippen LogP) is 2.74. The summed E-state index contributed by atoms with van der Waals surface area (Å²) in [5.74, 6) is -0.00497. The lowest BCUT2D eigenvalue weighted by atomic mass is 9.97. The summed E-state index contributed by atoms with van der Waals surface area (Å²) in [5, 5.41) is 12.0. The third-order valence-corrected chi connectivity index (χ3v) is 7.55. The van der Waals surface area contributed by atoms with Gasteiger partial charge in [0.05, 0.1) is 13.5 Å². The van der Waals surface area contributed by atoms with Gasteiger partial charge in [0.15, 0.2) is 11.4 Å². The summed E-state index contributed by atoms with van der Waals surface area (Å²) >= 11 is 0. The van der Waals surface area contributed by atoms with E-state index in [2.05, 4.69) is 25.4 Å². The van der Waals surface area contributed by atoms with E-state index < -0.39 is 23.5 Å². The monoisotopic (exact) mass is 533 g/mol. The van der Waals surface area contributed by atoms with E-state index in [0.717, 1.165) is 48.1 Å². The summed E-state index contributed by atoms with van der Waals surface area (Å²) in [7, 11) is 1.62. The number of H-pyrrole nitrogens is 2. The van der Waals surface area contributed by atoms with Gasteiger partial charge < -0.3 is 24.8 Å². The number of aromatic nitrogens is 4. The van der Waals surface area contributed by atoms with Crippen LogP contribution in [0.2, 0.25) is 0 Å². The van der Waals surface area contributed by atoms with Gasteiger partial charge in [0.2, 0.25) is 5.91 Å². The zero-order valence-corrected chi connectivity index (χ0v) is 21.0. The van der Waals surface area contributed by atoms with Gasteiger partial charge in [-0.2, -0.15) is 28.6 Å². The number of benzene rings is 1. The lowest BCUT2D eigenvalue weighted by molar-refractivity contribution is -0.141. The Labute approximate surface area is 216 Å². The molecule has 2 saturated heterocycles.